The number of nitrogens with two attached hydrogens (primary N) is 1. The van der Waals surface area contributed by atoms with Gasteiger partial charge in [0.25, 0.3) is 0 Å². The van der Waals surface area contributed by atoms with Gasteiger partial charge in [-0.25, -0.2) is 4.79 Å². The fraction of sp³-hybridized carbons (Fsp3) is 0.182. The highest BCUT2D eigenvalue weighted by atomic mass is 16.5. The number of hydrogen-bond acceptors (Lipinski definition) is 4. The molecule has 15 heavy (non-hydrogen) atoms. The van der Waals surface area contributed by atoms with Crippen molar-refractivity contribution in [2.75, 3.05) is 19.5 Å². The lowest BCUT2D eigenvalue weighted by molar-refractivity contribution is 0.0546. The van der Waals surface area contributed by atoms with E-state index in [0.29, 0.717) is 17.0 Å². The molecular formula is C11H13NO3. The fourth-order valence-corrected chi connectivity index (χ4v) is 1.10. The van der Waals surface area contributed by atoms with Crippen LogP contribution in [0.1, 0.15) is 10.4 Å². The average molecular weight is 207 g/mol. The van der Waals surface area contributed by atoms with Crippen LogP contribution < -0.4 is 10.5 Å². The van der Waals surface area contributed by atoms with Crippen molar-refractivity contribution in [1.82, 2.24) is 0 Å². The smallest absolute Gasteiger partial charge is 0.342 e. The van der Waals surface area contributed by atoms with Crippen LogP contribution in [0.25, 0.3) is 0 Å². The first-order valence-electron chi connectivity index (χ1n) is 4.40. The summed E-state index contributed by atoms with van der Waals surface area (Å²) >= 11 is 0. The van der Waals surface area contributed by atoms with Crippen LogP contribution in [0.15, 0.2) is 30.9 Å². The molecule has 2 N–H and O–H groups in total. The number of anilines is 1. The van der Waals surface area contributed by atoms with Crippen LogP contribution in [0, 0.1) is 0 Å². The van der Waals surface area contributed by atoms with E-state index in [1.807, 2.05) is 0 Å². The minimum atomic E-state index is -0.473. The first-order chi connectivity index (χ1) is 7.19. The maximum absolute atomic E-state index is 11.5. The highest BCUT2D eigenvalue weighted by molar-refractivity contribution is 5.93. The van der Waals surface area contributed by atoms with Gasteiger partial charge in [-0.05, 0) is 18.2 Å². The number of nitrogen functional groups attached to an aromatic ring is 1. The van der Waals surface area contributed by atoms with Crippen molar-refractivity contribution >= 4 is 11.7 Å². The molecule has 0 aliphatic carbocycles. The molecular weight excluding hydrogens is 194 g/mol. The van der Waals surface area contributed by atoms with Gasteiger partial charge in [0.1, 0.15) is 17.9 Å². The Labute approximate surface area is 88.3 Å². The fourth-order valence-electron chi connectivity index (χ4n) is 1.10. The standard InChI is InChI=1S/C11H13NO3/c1-3-6-15-11(13)9-7-8(12)4-5-10(9)14-2/h3-5,7H,1,6,12H2,2H3. The second-order valence-corrected chi connectivity index (χ2v) is 2.85. The van der Waals surface area contributed by atoms with Crippen molar-refractivity contribution in [2.45, 2.75) is 0 Å². The van der Waals surface area contributed by atoms with Gasteiger partial charge in [-0.15, -0.1) is 0 Å². The summed E-state index contributed by atoms with van der Waals surface area (Å²) in [4.78, 5) is 11.5. The first-order valence-corrected chi connectivity index (χ1v) is 4.40. The van der Waals surface area contributed by atoms with Crippen LogP contribution in [0.3, 0.4) is 0 Å². The summed E-state index contributed by atoms with van der Waals surface area (Å²) in [6.07, 6.45) is 1.50. The number of carbonyl (C=O) groups is 1. The Morgan fingerprint density at radius 2 is 2.33 bits per heavy atom. The van der Waals surface area contributed by atoms with E-state index in [1.54, 1.807) is 12.1 Å². The molecule has 0 aliphatic rings. The van der Waals surface area contributed by atoms with E-state index in [2.05, 4.69) is 6.58 Å². The zero-order valence-corrected chi connectivity index (χ0v) is 8.53. The average Bonchev–Trinajstić information content (AvgIpc) is 2.25. The summed E-state index contributed by atoms with van der Waals surface area (Å²) in [6, 6.07) is 4.80. The van der Waals surface area contributed by atoms with Gasteiger partial charge in [0.2, 0.25) is 0 Å². The third-order valence-corrected chi connectivity index (χ3v) is 1.78. The molecule has 1 aromatic rings. The van der Waals surface area contributed by atoms with Crippen molar-refractivity contribution in [3.05, 3.63) is 36.4 Å². The Hall–Kier alpha value is -1.97. The van der Waals surface area contributed by atoms with Crippen LogP contribution in [0.5, 0.6) is 5.75 Å². The van der Waals surface area contributed by atoms with E-state index in [0.717, 1.165) is 0 Å². The molecule has 0 spiro atoms. The van der Waals surface area contributed by atoms with Gasteiger partial charge >= 0.3 is 5.97 Å². The van der Waals surface area contributed by atoms with E-state index in [-0.39, 0.29) is 6.61 Å². The van der Waals surface area contributed by atoms with Crippen LogP contribution >= 0.6 is 0 Å². The van der Waals surface area contributed by atoms with Crippen LogP contribution in [-0.4, -0.2) is 19.7 Å². The molecule has 1 rings (SSSR count). The molecule has 0 radical (unpaired) electrons. The monoisotopic (exact) mass is 207 g/mol. The van der Waals surface area contributed by atoms with E-state index < -0.39 is 5.97 Å². The molecule has 0 saturated carbocycles. The zero-order chi connectivity index (χ0) is 11.3. The Balaban J connectivity index is 2.94. The van der Waals surface area contributed by atoms with E-state index in [4.69, 9.17) is 15.2 Å². The molecule has 0 aliphatic heterocycles. The largest absolute Gasteiger partial charge is 0.496 e. The van der Waals surface area contributed by atoms with Crippen molar-refractivity contribution in [1.29, 1.82) is 0 Å². The predicted octanol–water partition coefficient (Wildman–Crippen LogP) is 1.62. The van der Waals surface area contributed by atoms with Gasteiger partial charge in [-0.2, -0.15) is 0 Å². The topological polar surface area (TPSA) is 61.5 Å². The summed E-state index contributed by atoms with van der Waals surface area (Å²) in [7, 11) is 1.48. The Morgan fingerprint density at radius 3 is 2.93 bits per heavy atom. The Morgan fingerprint density at radius 1 is 1.60 bits per heavy atom. The number of carbonyl (C=O) groups excluding carboxylic acids is 1. The van der Waals surface area contributed by atoms with Gasteiger partial charge in [0, 0.05) is 5.69 Å². The Bertz CT molecular complexity index is 374. The van der Waals surface area contributed by atoms with Crippen molar-refractivity contribution in [3.8, 4) is 5.75 Å². The molecule has 0 bridgehead atoms. The number of methoxy groups -OCH3 is 1. The predicted molar refractivity (Wildman–Crippen MR) is 57.9 cm³/mol. The van der Waals surface area contributed by atoms with Gasteiger partial charge in [0.15, 0.2) is 0 Å². The van der Waals surface area contributed by atoms with Crippen molar-refractivity contribution in [2.24, 2.45) is 0 Å². The molecule has 0 heterocycles. The van der Waals surface area contributed by atoms with Crippen molar-refractivity contribution in [3.63, 3.8) is 0 Å². The highest BCUT2D eigenvalue weighted by Crippen LogP contribution is 2.21. The molecule has 1 aromatic carbocycles. The minimum absolute atomic E-state index is 0.163. The molecule has 4 nitrogen and oxygen atoms in total. The number of rotatable bonds is 4. The molecule has 0 fully saturated rings. The van der Waals surface area contributed by atoms with Crippen molar-refractivity contribution < 1.29 is 14.3 Å². The summed E-state index contributed by atoms with van der Waals surface area (Å²) in [5, 5.41) is 0. The second-order valence-electron chi connectivity index (χ2n) is 2.85. The maximum atomic E-state index is 11.5. The number of esters is 1. The van der Waals surface area contributed by atoms with E-state index >= 15 is 0 Å². The molecule has 80 valence electrons. The minimum Gasteiger partial charge on any atom is -0.496 e. The Kier molecular flexibility index (Phi) is 3.74. The van der Waals surface area contributed by atoms with Crippen LogP contribution in [0.2, 0.25) is 0 Å². The third kappa shape index (κ3) is 2.74. The summed E-state index contributed by atoms with van der Waals surface area (Å²) in [6.45, 7) is 3.62. The number of benzene rings is 1. The van der Waals surface area contributed by atoms with Gasteiger partial charge in [0.05, 0.1) is 7.11 Å². The first kappa shape index (κ1) is 11.1. The normalized spacial score (nSPS) is 9.40. The SMILES string of the molecule is C=CCOC(=O)c1cc(N)ccc1OC. The lowest BCUT2D eigenvalue weighted by Gasteiger charge is -2.08. The van der Waals surface area contributed by atoms with Gasteiger partial charge in [-0.3, -0.25) is 0 Å². The summed E-state index contributed by atoms with van der Waals surface area (Å²) in [5.41, 5.74) is 6.37. The maximum Gasteiger partial charge on any atom is 0.342 e. The quantitative estimate of drug-likeness (QED) is 0.463. The third-order valence-electron chi connectivity index (χ3n) is 1.78. The molecule has 0 saturated heterocycles. The summed E-state index contributed by atoms with van der Waals surface area (Å²) in [5.74, 6) is -0.0303. The number of ether oxygens (including phenoxy) is 2. The lowest BCUT2D eigenvalue weighted by atomic mass is 10.2. The lowest BCUT2D eigenvalue weighted by Crippen LogP contribution is -2.07. The van der Waals surface area contributed by atoms with Gasteiger partial charge in [-0.1, -0.05) is 12.7 Å². The molecule has 4 heteroatoms. The number of hydrogen-bond donors (Lipinski definition) is 1. The summed E-state index contributed by atoms with van der Waals surface area (Å²) < 4.78 is 9.90. The second kappa shape index (κ2) is 5.05. The van der Waals surface area contributed by atoms with Crippen LogP contribution in [-0.2, 0) is 4.74 Å². The molecule has 0 amide bonds. The molecule has 0 unspecified atom stereocenters. The zero-order valence-electron chi connectivity index (χ0n) is 8.53. The molecule has 0 aromatic heterocycles. The van der Waals surface area contributed by atoms with Gasteiger partial charge < -0.3 is 15.2 Å². The van der Waals surface area contributed by atoms with E-state index in [9.17, 15) is 4.79 Å². The van der Waals surface area contributed by atoms with E-state index in [1.165, 1.54) is 19.3 Å². The van der Waals surface area contributed by atoms with Crippen LogP contribution in [0.4, 0.5) is 5.69 Å². The molecule has 0 atom stereocenters. The highest BCUT2D eigenvalue weighted by Gasteiger charge is 2.13.